The van der Waals surface area contributed by atoms with Gasteiger partial charge in [-0.15, -0.1) is 0 Å². The minimum Gasteiger partial charge on any atom is -0.444 e. The van der Waals surface area contributed by atoms with Crippen LogP contribution in [0.4, 0.5) is 4.79 Å². The third-order valence-electron chi connectivity index (χ3n) is 3.88. The summed E-state index contributed by atoms with van der Waals surface area (Å²) in [6.45, 7) is 6.11. The zero-order chi connectivity index (χ0) is 16.2. The van der Waals surface area contributed by atoms with Gasteiger partial charge in [-0.05, 0) is 40.0 Å². The number of nitrogens with one attached hydrogen (secondary N) is 1. The first-order chi connectivity index (χ1) is 10.4. The van der Waals surface area contributed by atoms with Gasteiger partial charge in [0.1, 0.15) is 5.60 Å². The molecule has 1 heterocycles. The van der Waals surface area contributed by atoms with Crippen LogP contribution in [-0.4, -0.2) is 41.0 Å². The average molecular weight is 309 g/mol. The van der Waals surface area contributed by atoms with Gasteiger partial charge in [-0.25, -0.2) is 9.78 Å². The van der Waals surface area contributed by atoms with Gasteiger partial charge < -0.3 is 19.4 Å². The Morgan fingerprint density at radius 3 is 2.86 bits per heavy atom. The standard InChI is InChI=1S/C16H27N3O3/c1-16(2,3)22-15(20)18-8-7-13-10-17-11-19(13)12-5-6-14(9-12)21-4/h10-12,14H,5-9H2,1-4H3,(H,18,20). The minimum atomic E-state index is -0.467. The molecule has 1 saturated carbocycles. The molecule has 0 aromatic carbocycles. The van der Waals surface area contributed by atoms with E-state index in [1.54, 1.807) is 7.11 Å². The number of nitrogens with zero attached hydrogens (tertiary/aromatic N) is 2. The fourth-order valence-electron chi connectivity index (χ4n) is 2.85. The van der Waals surface area contributed by atoms with E-state index in [-0.39, 0.29) is 6.09 Å². The van der Waals surface area contributed by atoms with E-state index in [1.165, 1.54) is 0 Å². The third-order valence-corrected chi connectivity index (χ3v) is 3.88. The molecule has 1 aromatic heterocycles. The Labute approximate surface area is 132 Å². The summed E-state index contributed by atoms with van der Waals surface area (Å²) in [4.78, 5) is 15.9. The number of carbonyl (C=O) groups is 1. The summed E-state index contributed by atoms with van der Waals surface area (Å²) in [5.41, 5.74) is 0.669. The molecule has 22 heavy (non-hydrogen) atoms. The Bertz CT molecular complexity index is 493. The van der Waals surface area contributed by atoms with Crippen molar-refractivity contribution in [2.24, 2.45) is 0 Å². The van der Waals surface area contributed by atoms with Gasteiger partial charge in [0.25, 0.3) is 0 Å². The van der Waals surface area contributed by atoms with E-state index >= 15 is 0 Å². The highest BCUT2D eigenvalue weighted by atomic mass is 16.6. The first-order valence-electron chi connectivity index (χ1n) is 7.89. The minimum absolute atomic E-state index is 0.347. The number of alkyl carbamates (subject to hydrolysis) is 1. The lowest BCUT2D eigenvalue weighted by Crippen LogP contribution is -2.33. The first-order valence-corrected chi connectivity index (χ1v) is 7.89. The second kappa shape index (κ2) is 7.13. The van der Waals surface area contributed by atoms with Gasteiger partial charge in [0.2, 0.25) is 0 Å². The Balaban J connectivity index is 1.82. The Morgan fingerprint density at radius 2 is 2.23 bits per heavy atom. The second-order valence-electron chi connectivity index (χ2n) is 6.80. The number of imidazole rings is 1. The molecule has 0 bridgehead atoms. The summed E-state index contributed by atoms with van der Waals surface area (Å²) in [7, 11) is 1.77. The van der Waals surface area contributed by atoms with Crippen LogP contribution in [0.5, 0.6) is 0 Å². The van der Waals surface area contributed by atoms with Gasteiger partial charge >= 0.3 is 6.09 Å². The van der Waals surface area contributed by atoms with E-state index in [9.17, 15) is 4.79 Å². The Hall–Kier alpha value is -1.56. The monoisotopic (exact) mass is 309 g/mol. The molecule has 0 radical (unpaired) electrons. The zero-order valence-corrected chi connectivity index (χ0v) is 14.0. The molecule has 124 valence electrons. The molecule has 6 heteroatoms. The Kier molecular flexibility index (Phi) is 5.45. The number of hydrogen-bond acceptors (Lipinski definition) is 4. The molecule has 0 aliphatic heterocycles. The highest BCUT2D eigenvalue weighted by Gasteiger charge is 2.26. The van der Waals surface area contributed by atoms with Crippen LogP contribution in [0.2, 0.25) is 0 Å². The van der Waals surface area contributed by atoms with Crippen molar-refractivity contribution in [1.29, 1.82) is 0 Å². The second-order valence-corrected chi connectivity index (χ2v) is 6.80. The normalized spacial score (nSPS) is 21.8. The maximum atomic E-state index is 11.6. The lowest BCUT2D eigenvalue weighted by atomic mass is 10.2. The van der Waals surface area contributed by atoms with Gasteiger partial charge in [-0.2, -0.15) is 0 Å². The van der Waals surface area contributed by atoms with Crippen LogP contribution in [0.15, 0.2) is 12.5 Å². The van der Waals surface area contributed by atoms with Crippen LogP contribution in [0.3, 0.4) is 0 Å². The molecule has 2 unspecified atom stereocenters. The maximum Gasteiger partial charge on any atom is 0.407 e. The van der Waals surface area contributed by atoms with Crippen molar-refractivity contribution in [3.05, 3.63) is 18.2 Å². The number of amides is 1. The van der Waals surface area contributed by atoms with Crippen molar-refractivity contribution >= 4 is 6.09 Å². The van der Waals surface area contributed by atoms with Crippen molar-refractivity contribution in [3.8, 4) is 0 Å². The van der Waals surface area contributed by atoms with E-state index in [0.717, 1.165) is 31.4 Å². The van der Waals surface area contributed by atoms with E-state index < -0.39 is 5.60 Å². The molecular weight excluding hydrogens is 282 g/mol. The molecule has 1 fully saturated rings. The smallest absolute Gasteiger partial charge is 0.407 e. The van der Waals surface area contributed by atoms with E-state index in [4.69, 9.17) is 9.47 Å². The topological polar surface area (TPSA) is 65.4 Å². The van der Waals surface area contributed by atoms with Crippen LogP contribution in [0.1, 0.15) is 51.8 Å². The number of methoxy groups -OCH3 is 1. The van der Waals surface area contributed by atoms with Crippen molar-refractivity contribution < 1.29 is 14.3 Å². The highest BCUT2D eigenvalue weighted by Crippen LogP contribution is 2.32. The molecule has 0 spiro atoms. The summed E-state index contributed by atoms with van der Waals surface area (Å²) in [5, 5.41) is 2.79. The van der Waals surface area contributed by atoms with Crippen molar-refractivity contribution in [2.75, 3.05) is 13.7 Å². The number of hydrogen-bond donors (Lipinski definition) is 1. The summed E-state index contributed by atoms with van der Waals surface area (Å²) in [6, 6.07) is 0.448. The van der Waals surface area contributed by atoms with Crippen LogP contribution >= 0.6 is 0 Å². The van der Waals surface area contributed by atoms with Crippen LogP contribution in [-0.2, 0) is 15.9 Å². The highest BCUT2D eigenvalue weighted by molar-refractivity contribution is 5.67. The number of carbonyl (C=O) groups excluding carboxylic acids is 1. The first kappa shape index (κ1) is 16.8. The van der Waals surface area contributed by atoms with Crippen molar-refractivity contribution in [1.82, 2.24) is 14.9 Å². The fourth-order valence-corrected chi connectivity index (χ4v) is 2.85. The molecule has 6 nitrogen and oxygen atoms in total. The van der Waals surface area contributed by atoms with Gasteiger partial charge in [0.05, 0.1) is 12.4 Å². The molecule has 1 N–H and O–H groups in total. The molecule has 1 aliphatic carbocycles. The lowest BCUT2D eigenvalue weighted by Gasteiger charge is -2.20. The molecule has 0 saturated heterocycles. The summed E-state index contributed by atoms with van der Waals surface area (Å²) in [6.07, 6.45) is 7.70. The lowest BCUT2D eigenvalue weighted by molar-refractivity contribution is 0.0528. The summed E-state index contributed by atoms with van der Waals surface area (Å²) < 4.78 is 12.9. The molecule has 1 aromatic rings. The molecule has 1 amide bonds. The van der Waals surface area contributed by atoms with Gasteiger partial charge in [-0.3, -0.25) is 0 Å². The van der Waals surface area contributed by atoms with Crippen LogP contribution < -0.4 is 5.32 Å². The number of rotatable bonds is 5. The van der Waals surface area contributed by atoms with Crippen molar-refractivity contribution in [2.45, 2.75) is 64.2 Å². The van der Waals surface area contributed by atoms with E-state index in [1.807, 2.05) is 33.3 Å². The predicted octanol–water partition coefficient (Wildman–Crippen LogP) is 2.69. The Morgan fingerprint density at radius 1 is 1.45 bits per heavy atom. The van der Waals surface area contributed by atoms with Gasteiger partial charge in [0, 0.05) is 38.0 Å². The maximum absolute atomic E-state index is 11.6. The van der Waals surface area contributed by atoms with E-state index in [0.29, 0.717) is 18.7 Å². The molecule has 1 aliphatic rings. The average Bonchev–Trinajstić information content (AvgIpc) is 3.03. The van der Waals surface area contributed by atoms with E-state index in [2.05, 4.69) is 14.9 Å². The predicted molar refractivity (Wildman–Crippen MR) is 83.9 cm³/mol. The molecule has 2 atom stereocenters. The fraction of sp³-hybridized carbons (Fsp3) is 0.750. The van der Waals surface area contributed by atoms with Crippen LogP contribution in [0.25, 0.3) is 0 Å². The summed E-state index contributed by atoms with van der Waals surface area (Å²) in [5.74, 6) is 0. The van der Waals surface area contributed by atoms with Crippen molar-refractivity contribution in [3.63, 3.8) is 0 Å². The number of aromatic nitrogens is 2. The SMILES string of the molecule is COC1CCC(n2cncc2CCNC(=O)OC(C)(C)C)C1. The summed E-state index contributed by atoms with van der Waals surface area (Å²) >= 11 is 0. The molecular formula is C16H27N3O3. The van der Waals surface area contributed by atoms with Gasteiger partial charge in [-0.1, -0.05) is 0 Å². The zero-order valence-electron chi connectivity index (χ0n) is 14.0. The van der Waals surface area contributed by atoms with Crippen LogP contribution in [0, 0.1) is 0 Å². The number of ether oxygens (including phenoxy) is 2. The van der Waals surface area contributed by atoms with Gasteiger partial charge in [0.15, 0.2) is 0 Å². The molecule has 2 rings (SSSR count). The quantitative estimate of drug-likeness (QED) is 0.908. The third kappa shape index (κ3) is 4.73. The largest absolute Gasteiger partial charge is 0.444 e.